The molecule has 1 amide bonds. The van der Waals surface area contributed by atoms with Gasteiger partial charge in [-0.15, -0.1) is 0 Å². The number of nitro benzene ring substituents is 1. The van der Waals surface area contributed by atoms with Crippen LogP contribution in [-0.4, -0.2) is 35.9 Å². The molecular weight excluding hydrogens is 336 g/mol. The molecule has 0 radical (unpaired) electrons. The van der Waals surface area contributed by atoms with Crippen molar-refractivity contribution in [3.05, 3.63) is 38.9 Å². The zero-order valence-electron chi connectivity index (χ0n) is 13.1. The van der Waals surface area contributed by atoms with Crippen LogP contribution in [0.2, 0.25) is 5.02 Å². The third-order valence-corrected chi connectivity index (χ3v) is 4.65. The summed E-state index contributed by atoms with van der Waals surface area (Å²) < 4.78 is 11.8. The molecule has 1 aromatic carbocycles. The summed E-state index contributed by atoms with van der Waals surface area (Å²) in [7, 11) is 0. The molecule has 1 aliphatic carbocycles. The highest BCUT2D eigenvalue weighted by atomic mass is 35.5. The van der Waals surface area contributed by atoms with E-state index in [9.17, 15) is 14.9 Å². The normalized spacial score (nSPS) is 22.5. The molecular formula is C16H19ClN2O5. The molecule has 0 bridgehead atoms. The summed E-state index contributed by atoms with van der Waals surface area (Å²) in [5.74, 6) is -1.05. The van der Waals surface area contributed by atoms with Gasteiger partial charge in [0, 0.05) is 30.5 Å². The molecule has 0 aromatic heterocycles. The number of nitrogens with zero attached hydrogens (tertiary/aromatic N) is 1. The summed E-state index contributed by atoms with van der Waals surface area (Å²) in [5.41, 5.74) is -0.331. The third-order valence-electron chi connectivity index (χ3n) is 4.42. The quantitative estimate of drug-likeness (QED) is 0.662. The Morgan fingerprint density at radius 1 is 1.38 bits per heavy atom. The number of halogens is 1. The second-order valence-corrected chi connectivity index (χ2v) is 6.59. The van der Waals surface area contributed by atoms with E-state index >= 15 is 0 Å². The van der Waals surface area contributed by atoms with Crippen LogP contribution in [0.3, 0.4) is 0 Å². The zero-order valence-corrected chi connectivity index (χ0v) is 13.9. The zero-order chi connectivity index (χ0) is 17.2. The number of carbonyl (C=O) groups excluding carboxylic acids is 1. The summed E-state index contributed by atoms with van der Waals surface area (Å²) in [6.07, 6.45) is 4.84. The van der Waals surface area contributed by atoms with Crippen molar-refractivity contribution in [3.63, 3.8) is 0 Å². The van der Waals surface area contributed by atoms with E-state index in [0.29, 0.717) is 6.61 Å². The molecule has 130 valence electrons. The van der Waals surface area contributed by atoms with Crippen LogP contribution in [0, 0.1) is 10.1 Å². The lowest BCUT2D eigenvalue weighted by Crippen LogP contribution is -2.37. The Kier molecular flexibility index (Phi) is 5.03. The number of hydrogen-bond donors (Lipinski definition) is 1. The Bertz CT molecular complexity index is 645. The van der Waals surface area contributed by atoms with Gasteiger partial charge in [0.1, 0.15) is 11.7 Å². The Labute approximate surface area is 144 Å². The van der Waals surface area contributed by atoms with Gasteiger partial charge >= 0.3 is 0 Å². The molecule has 3 rings (SSSR count). The van der Waals surface area contributed by atoms with Crippen LogP contribution in [0.15, 0.2) is 18.2 Å². The summed E-state index contributed by atoms with van der Waals surface area (Å²) in [6, 6.07) is 3.91. The molecule has 1 saturated heterocycles. The Morgan fingerprint density at radius 3 is 2.83 bits per heavy atom. The number of ether oxygens (including phenoxy) is 2. The van der Waals surface area contributed by atoms with Gasteiger partial charge in [0.25, 0.3) is 11.6 Å². The highest BCUT2D eigenvalue weighted by molar-refractivity contribution is 6.31. The topological polar surface area (TPSA) is 90.7 Å². The molecule has 1 aromatic rings. The fourth-order valence-corrected chi connectivity index (χ4v) is 3.39. The minimum absolute atomic E-state index is 0.0567. The van der Waals surface area contributed by atoms with Crippen LogP contribution in [0.1, 0.15) is 42.5 Å². The number of hydrogen-bond acceptors (Lipinski definition) is 5. The van der Waals surface area contributed by atoms with E-state index in [4.69, 9.17) is 21.1 Å². The van der Waals surface area contributed by atoms with Gasteiger partial charge in [-0.1, -0.05) is 18.0 Å². The van der Waals surface area contributed by atoms with Crippen LogP contribution < -0.4 is 5.32 Å². The van der Waals surface area contributed by atoms with Crippen molar-refractivity contribution in [1.29, 1.82) is 0 Å². The molecule has 2 fully saturated rings. The average molecular weight is 355 g/mol. The number of rotatable bonds is 4. The lowest BCUT2D eigenvalue weighted by molar-refractivity contribution is -0.385. The SMILES string of the molecule is O=C(NC[C@H]1COC2(CCCCC2)O1)c1cc(Cl)ccc1[N+](=O)[O-]. The molecule has 7 nitrogen and oxygen atoms in total. The largest absolute Gasteiger partial charge is 0.349 e. The van der Waals surface area contributed by atoms with Gasteiger partial charge in [-0.3, -0.25) is 14.9 Å². The lowest BCUT2D eigenvalue weighted by Gasteiger charge is -2.31. The standard InChI is InChI=1S/C16H19ClN2O5/c17-11-4-5-14(19(21)22)13(8-11)15(20)18-9-12-10-23-16(24-12)6-2-1-3-7-16/h4-5,8,12H,1-3,6-7,9-10H2,(H,18,20)/t12-/m0/s1. The fraction of sp³-hybridized carbons (Fsp3) is 0.562. The number of nitrogens with one attached hydrogen (secondary N) is 1. The Balaban J connectivity index is 1.60. The van der Waals surface area contributed by atoms with Gasteiger partial charge in [-0.2, -0.15) is 0 Å². The summed E-state index contributed by atoms with van der Waals surface area (Å²) >= 11 is 5.84. The molecule has 1 saturated carbocycles. The number of carbonyl (C=O) groups is 1. The fourth-order valence-electron chi connectivity index (χ4n) is 3.22. The van der Waals surface area contributed by atoms with Crippen LogP contribution >= 0.6 is 11.6 Å². The van der Waals surface area contributed by atoms with E-state index in [1.54, 1.807) is 0 Å². The molecule has 2 aliphatic rings. The highest BCUT2D eigenvalue weighted by Gasteiger charge is 2.42. The first-order valence-electron chi connectivity index (χ1n) is 8.03. The van der Waals surface area contributed by atoms with Gasteiger partial charge < -0.3 is 14.8 Å². The average Bonchev–Trinajstić information content (AvgIpc) is 2.95. The van der Waals surface area contributed by atoms with E-state index < -0.39 is 16.6 Å². The molecule has 0 unspecified atom stereocenters. The van der Waals surface area contributed by atoms with E-state index in [-0.39, 0.29) is 28.9 Å². The molecule has 1 spiro atoms. The van der Waals surface area contributed by atoms with E-state index in [0.717, 1.165) is 25.7 Å². The number of nitro groups is 1. The molecule has 1 heterocycles. The number of amides is 1. The monoisotopic (exact) mass is 354 g/mol. The van der Waals surface area contributed by atoms with Crippen LogP contribution in [-0.2, 0) is 9.47 Å². The van der Waals surface area contributed by atoms with Crippen molar-refractivity contribution in [2.24, 2.45) is 0 Å². The maximum atomic E-state index is 12.3. The van der Waals surface area contributed by atoms with Gasteiger partial charge in [-0.25, -0.2) is 0 Å². The van der Waals surface area contributed by atoms with Crippen molar-refractivity contribution < 1.29 is 19.2 Å². The van der Waals surface area contributed by atoms with Crippen molar-refractivity contribution in [2.75, 3.05) is 13.2 Å². The van der Waals surface area contributed by atoms with E-state index in [2.05, 4.69) is 5.32 Å². The second kappa shape index (κ2) is 7.04. The van der Waals surface area contributed by atoms with Crippen LogP contribution in [0.5, 0.6) is 0 Å². The predicted octanol–water partition coefficient (Wildman–Crippen LogP) is 3.05. The van der Waals surface area contributed by atoms with Crippen molar-refractivity contribution >= 4 is 23.2 Å². The van der Waals surface area contributed by atoms with Gasteiger partial charge in [-0.05, 0) is 25.0 Å². The summed E-state index contributed by atoms with van der Waals surface area (Å²) in [4.78, 5) is 22.7. The second-order valence-electron chi connectivity index (χ2n) is 6.15. The van der Waals surface area contributed by atoms with Crippen LogP contribution in [0.25, 0.3) is 0 Å². The first kappa shape index (κ1) is 17.1. The molecule has 8 heteroatoms. The van der Waals surface area contributed by atoms with E-state index in [1.165, 1.54) is 24.6 Å². The minimum Gasteiger partial charge on any atom is -0.349 e. The molecule has 1 aliphatic heterocycles. The Hall–Kier alpha value is -1.70. The first-order chi connectivity index (χ1) is 11.5. The molecule has 24 heavy (non-hydrogen) atoms. The van der Waals surface area contributed by atoms with E-state index in [1.807, 2.05) is 0 Å². The van der Waals surface area contributed by atoms with Crippen LogP contribution in [0.4, 0.5) is 5.69 Å². The third kappa shape index (κ3) is 3.68. The van der Waals surface area contributed by atoms with Crippen molar-refractivity contribution in [2.45, 2.75) is 44.0 Å². The van der Waals surface area contributed by atoms with Gasteiger partial charge in [0.15, 0.2) is 5.79 Å². The van der Waals surface area contributed by atoms with Crippen molar-refractivity contribution in [1.82, 2.24) is 5.32 Å². The van der Waals surface area contributed by atoms with Crippen molar-refractivity contribution in [3.8, 4) is 0 Å². The minimum atomic E-state index is -0.600. The maximum Gasteiger partial charge on any atom is 0.282 e. The summed E-state index contributed by atoms with van der Waals surface area (Å²) in [5, 5.41) is 14.0. The van der Waals surface area contributed by atoms with Gasteiger partial charge in [0.05, 0.1) is 11.5 Å². The smallest absolute Gasteiger partial charge is 0.282 e. The predicted molar refractivity (Wildman–Crippen MR) is 87.1 cm³/mol. The molecule has 1 N–H and O–H groups in total. The Morgan fingerprint density at radius 2 is 2.12 bits per heavy atom. The highest BCUT2D eigenvalue weighted by Crippen LogP contribution is 2.37. The maximum absolute atomic E-state index is 12.3. The lowest BCUT2D eigenvalue weighted by atomic mass is 9.94. The first-order valence-corrected chi connectivity index (χ1v) is 8.41. The number of benzene rings is 1. The molecule has 1 atom stereocenters. The summed E-state index contributed by atoms with van der Waals surface area (Å²) in [6.45, 7) is 0.655. The van der Waals surface area contributed by atoms with Gasteiger partial charge in [0.2, 0.25) is 0 Å².